The average molecular weight is 345 g/mol. The molecule has 8 heteroatoms. The molecule has 0 fully saturated rings. The molecule has 0 bridgehead atoms. The van der Waals surface area contributed by atoms with Crippen LogP contribution in [0.1, 0.15) is 26.3 Å². The normalized spacial score (nSPS) is 12.2. The third-order valence-electron chi connectivity index (χ3n) is 2.84. The van der Waals surface area contributed by atoms with Gasteiger partial charge in [0, 0.05) is 11.2 Å². The third-order valence-corrected chi connectivity index (χ3v) is 2.84. The Bertz CT molecular complexity index is 578. The zero-order valence-electron chi connectivity index (χ0n) is 14.1. The van der Waals surface area contributed by atoms with Gasteiger partial charge in [-0.3, -0.25) is 14.5 Å². The van der Waals surface area contributed by atoms with Gasteiger partial charge in [-0.15, -0.1) is 0 Å². The summed E-state index contributed by atoms with van der Waals surface area (Å²) in [6.45, 7) is 5.53. The molecule has 2 amide bonds. The Labute approximate surface area is 139 Å². The monoisotopic (exact) mass is 345 g/mol. The number of hydrogen-bond donors (Lipinski definition) is 2. The minimum Gasteiger partial charge on any atom is -0.350 e. The summed E-state index contributed by atoms with van der Waals surface area (Å²) in [5.74, 6) is -0.631. The first-order valence-electron chi connectivity index (χ1n) is 7.33. The molecule has 0 atom stereocenters. The second kappa shape index (κ2) is 7.65. The van der Waals surface area contributed by atoms with Crippen LogP contribution >= 0.6 is 0 Å². The minimum absolute atomic E-state index is 0.0394. The van der Waals surface area contributed by atoms with Crippen molar-refractivity contribution in [2.24, 2.45) is 0 Å². The molecule has 0 saturated carbocycles. The van der Waals surface area contributed by atoms with Gasteiger partial charge in [0.1, 0.15) is 0 Å². The Hall–Kier alpha value is -2.09. The van der Waals surface area contributed by atoms with Crippen molar-refractivity contribution in [2.45, 2.75) is 32.5 Å². The second-order valence-corrected chi connectivity index (χ2v) is 6.59. The predicted molar refractivity (Wildman–Crippen MR) is 85.5 cm³/mol. The lowest BCUT2D eigenvalue weighted by Crippen LogP contribution is -2.46. The lowest BCUT2D eigenvalue weighted by Gasteiger charge is -2.23. The zero-order valence-corrected chi connectivity index (χ0v) is 14.1. The van der Waals surface area contributed by atoms with Gasteiger partial charge >= 0.3 is 6.18 Å². The van der Waals surface area contributed by atoms with Crippen molar-refractivity contribution in [2.75, 3.05) is 25.5 Å². The van der Waals surface area contributed by atoms with Crippen molar-refractivity contribution in [1.29, 1.82) is 0 Å². The number of carbonyl (C=O) groups is 2. The molecule has 0 spiro atoms. The summed E-state index contributed by atoms with van der Waals surface area (Å²) in [6.07, 6.45) is -4.41. The number of nitrogens with one attached hydrogen (secondary N) is 2. The number of hydrogen-bond acceptors (Lipinski definition) is 3. The van der Waals surface area contributed by atoms with E-state index in [2.05, 4.69) is 10.6 Å². The van der Waals surface area contributed by atoms with Gasteiger partial charge in [0.2, 0.25) is 11.8 Å². The predicted octanol–water partition coefficient (Wildman–Crippen LogP) is 2.49. The number of alkyl halides is 3. The molecule has 0 heterocycles. The second-order valence-electron chi connectivity index (χ2n) is 6.59. The Balaban J connectivity index is 2.49. The molecule has 0 aliphatic heterocycles. The molecule has 0 aromatic heterocycles. The Morgan fingerprint density at radius 1 is 1.00 bits per heavy atom. The van der Waals surface area contributed by atoms with Gasteiger partial charge in [-0.25, -0.2) is 0 Å². The van der Waals surface area contributed by atoms with Crippen LogP contribution in [-0.2, 0) is 15.8 Å². The lowest BCUT2D eigenvalue weighted by molar-refractivity contribution is -0.137. The van der Waals surface area contributed by atoms with Crippen molar-refractivity contribution in [1.82, 2.24) is 10.2 Å². The van der Waals surface area contributed by atoms with E-state index < -0.39 is 17.6 Å². The molecule has 1 rings (SSSR count). The molecule has 2 N–H and O–H groups in total. The van der Waals surface area contributed by atoms with E-state index in [0.717, 1.165) is 12.1 Å². The van der Waals surface area contributed by atoms with Crippen LogP contribution in [0, 0.1) is 0 Å². The molecule has 0 aliphatic carbocycles. The molecule has 5 nitrogen and oxygen atoms in total. The first-order valence-corrected chi connectivity index (χ1v) is 7.33. The SMILES string of the molecule is CN(CC(=O)Nc1ccc(C(F)(F)F)cc1)CC(=O)NC(C)(C)C. The highest BCUT2D eigenvalue weighted by Gasteiger charge is 2.30. The summed E-state index contributed by atoms with van der Waals surface area (Å²) in [7, 11) is 1.61. The van der Waals surface area contributed by atoms with E-state index in [9.17, 15) is 22.8 Å². The van der Waals surface area contributed by atoms with Crippen molar-refractivity contribution in [3.05, 3.63) is 29.8 Å². The van der Waals surface area contributed by atoms with Crippen LogP contribution in [-0.4, -0.2) is 42.4 Å². The molecule has 24 heavy (non-hydrogen) atoms. The number of likely N-dealkylation sites (N-methyl/N-ethyl adjacent to an activating group) is 1. The van der Waals surface area contributed by atoms with Crippen LogP contribution in [0.5, 0.6) is 0 Å². The van der Waals surface area contributed by atoms with E-state index >= 15 is 0 Å². The lowest BCUT2D eigenvalue weighted by atomic mass is 10.1. The van der Waals surface area contributed by atoms with Crippen molar-refractivity contribution >= 4 is 17.5 Å². The fourth-order valence-electron chi connectivity index (χ4n) is 1.95. The van der Waals surface area contributed by atoms with E-state index in [1.165, 1.54) is 17.0 Å². The van der Waals surface area contributed by atoms with Gasteiger partial charge in [0.05, 0.1) is 18.7 Å². The van der Waals surface area contributed by atoms with Crippen LogP contribution in [0.2, 0.25) is 0 Å². The first kappa shape index (κ1) is 20.0. The highest BCUT2D eigenvalue weighted by Crippen LogP contribution is 2.29. The van der Waals surface area contributed by atoms with Crippen LogP contribution in [0.25, 0.3) is 0 Å². The minimum atomic E-state index is -4.41. The fourth-order valence-corrected chi connectivity index (χ4v) is 1.95. The quantitative estimate of drug-likeness (QED) is 0.862. The molecule has 134 valence electrons. The van der Waals surface area contributed by atoms with Crippen molar-refractivity contribution < 1.29 is 22.8 Å². The number of rotatable bonds is 5. The summed E-state index contributed by atoms with van der Waals surface area (Å²) in [5.41, 5.74) is -0.877. The maximum Gasteiger partial charge on any atom is 0.416 e. The number of anilines is 1. The van der Waals surface area contributed by atoms with E-state index in [1.807, 2.05) is 20.8 Å². The number of carbonyl (C=O) groups excluding carboxylic acids is 2. The largest absolute Gasteiger partial charge is 0.416 e. The smallest absolute Gasteiger partial charge is 0.350 e. The number of amides is 2. The van der Waals surface area contributed by atoms with Crippen LogP contribution in [0.3, 0.4) is 0 Å². The molecular weight excluding hydrogens is 323 g/mol. The summed E-state index contributed by atoms with van der Waals surface area (Å²) in [5, 5.41) is 5.27. The van der Waals surface area contributed by atoms with E-state index in [1.54, 1.807) is 7.05 Å². The molecule has 0 saturated heterocycles. The van der Waals surface area contributed by atoms with Gasteiger partial charge in [-0.05, 0) is 52.1 Å². The average Bonchev–Trinajstić information content (AvgIpc) is 2.34. The molecule has 1 aromatic rings. The maximum atomic E-state index is 12.5. The molecule has 0 unspecified atom stereocenters. The highest BCUT2D eigenvalue weighted by molar-refractivity contribution is 5.92. The van der Waals surface area contributed by atoms with Crippen molar-refractivity contribution in [3.63, 3.8) is 0 Å². The summed E-state index contributed by atoms with van der Waals surface area (Å²) >= 11 is 0. The number of halogens is 3. The van der Waals surface area contributed by atoms with Crippen molar-refractivity contribution in [3.8, 4) is 0 Å². The summed E-state index contributed by atoms with van der Waals surface area (Å²) in [4.78, 5) is 25.1. The first-order chi connectivity index (χ1) is 10.9. The topological polar surface area (TPSA) is 61.4 Å². The highest BCUT2D eigenvalue weighted by atomic mass is 19.4. The maximum absolute atomic E-state index is 12.5. The van der Waals surface area contributed by atoms with Crippen LogP contribution in [0.15, 0.2) is 24.3 Å². The Morgan fingerprint density at radius 2 is 1.50 bits per heavy atom. The van der Waals surface area contributed by atoms with Crippen LogP contribution in [0.4, 0.5) is 18.9 Å². The van der Waals surface area contributed by atoms with Gasteiger partial charge in [0.15, 0.2) is 0 Å². The molecule has 0 aliphatic rings. The van der Waals surface area contributed by atoms with E-state index in [0.29, 0.717) is 0 Å². The standard InChI is InChI=1S/C16H22F3N3O2/c1-15(2,3)21-14(24)10-22(4)9-13(23)20-12-7-5-11(6-8-12)16(17,18)19/h5-8H,9-10H2,1-4H3,(H,20,23)(H,21,24). The van der Waals surface area contributed by atoms with Crippen LogP contribution < -0.4 is 10.6 Å². The number of nitrogens with zero attached hydrogens (tertiary/aromatic N) is 1. The van der Waals surface area contributed by atoms with Gasteiger partial charge in [-0.1, -0.05) is 0 Å². The third kappa shape index (κ3) is 7.45. The molecule has 1 aromatic carbocycles. The Kier molecular flexibility index (Phi) is 6.36. The van der Waals surface area contributed by atoms with E-state index in [-0.39, 0.29) is 30.2 Å². The Morgan fingerprint density at radius 3 is 1.96 bits per heavy atom. The number of benzene rings is 1. The summed E-state index contributed by atoms with van der Waals surface area (Å²) in [6, 6.07) is 4.17. The zero-order chi connectivity index (χ0) is 18.5. The molecular formula is C16H22F3N3O2. The summed E-state index contributed by atoms with van der Waals surface area (Å²) < 4.78 is 37.4. The van der Waals surface area contributed by atoms with E-state index in [4.69, 9.17) is 0 Å². The van der Waals surface area contributed by atoms with Gasteiger partial charge < -0.3 is 10.6 Å². The van der Waals surface area contributed by atoms with Gasteiger partial charge in [0.25, 0.3) is 0 Å². The fraction of sp³-hybridized carbons (Fsp3) is 0.500. The van der Waals surface area contributed by atoms with Gasteiger partial charge in [-0.2, -0.15) is 13.2 Å². The molecule has 0 radical (unpaired) electrons.